The molecular formula is C30H29N3O. The molecule has 0 spiro atoms. The summed E-state index contributed by atoms with van der Waals surface area (Å²) >= 11 is 0. The molecule has 4 nitrogen and oxygen atoms in total. The molecule has 4 heteroatoms. The number of aryl methyl sites for hydroxylation is 1. The van der Waals surface area contributed by atoms with Crippen LogP contribution in [0, 0.1) is 6.92 Å². The Bertz CT molecular complexity index is 1300. The molecule has 0 saturated carbocycles. The summed E-state index contributed by atoms with van der Waals surface area (Å²) in [6.07, 6.45) is 4.37. The third-order valence-corrected chi connectivity index (χ3v) is 6.43. The highest BCUT2D eigenvalue weighted by Crippen LogP contribution is 2.26. The number of carbonyl (C=O) groups excluding carboxylic acids is 1. The van der Waals surface area contributed by atoms with Gasteiger partial charge < -0.3 is 4.90 Å². The number of hydrogen-bond donors (Lipinski definition) is 0. The van der Waals surface area contributed by atoms with Gasteiger partial charge >= 0.3 is 0 Å². The number of hydrogen-bond acceptors (Lipinski definition) is 3. The van der Waals surface area contributed by atoms with E-state index in [1.165, 1.54) is 11.1 Å². The van der Waals surface area contributed by atoms with Crippen molar-refractivity contribution < 1.29 is 4.79 Å². The van der Waals surface area contributed by atoms with Crippen LogP contribution < -0.4 is 0 Å². The van der Waals surface area contributed by atoms with Crippen LogP contribution in [0.4, 0.5) is 0 Å². The van der Waals surface area contributed by atoms with E-state index in [1.54, 1.807) is 0 Å². The number of rotatable bonds is 5. The van der Waals surface area contributed by atoms with Crippen LogP contribution in [0.5, 0.6) is 0 Å². The van der Waals surface area contributed by atoms with E-state index in [1.807, 2.05) is 41.3 Å². The fourth-order valence-corrected chi connectivity index (χ4v) is 4.43. The van der Waals surface area contributed by atoms with Gasteiger partial charge in [-0.1, -0.05) is 90.5 Å². The molecule has 2 heterocycles. The molecule has 1 amide bonds. The van der Waals surface area contributed by atoms with Crippen LogP contribution in [-0.2, 0) is 0 Å². The molecule has 1 aliphatic heterocycles. The number of para-hydroxylation sites is 1. The predicted molar refractivity (Wildman–Crippen MR) is 140 cm³/mol. The second kappa shape index (κ2) is 10.0. The summed E-state index contributed by atoms with van der Waals surface area (Å²) in [6, 6.07) is 28.6. The number of fused-ring (bicyclic) bond motifs is 1. The van der Waals surface area contributed by atoms with Crippen molar-refractivity contribution in [2.45, 2.75) is 6.92 Å². The van der Waals surface area contributed by atoms with Crippen molar-refractivity contribution in [1.82, 2.24) is 14.8 Å². The van der Waals surface area contributed by atoms with E-state index in [2.05, 4.69) is 72.5 Å². The van der Waals surface area contributed by atoms with Crippen molar-refractivity contribution in [2.75, 3.05) is 32.7 Å². The summed E-state index contributed by atoms with van der Waals surface area (Å²) < 4.78 is 0. The zero-order chi connectivity index (χ0) is 23.3. The quantitative estimate of drug-likeness (QED) is 0.395. The van der Waals surface area contributed by atoms with Gasteiger partial charge in [-0.05, 0) is 24.6 Å². The maximum Gasteiger partial charge on any atom is 0.254 e. The summed E-state index contributed by atoms with van der Waals surface area (Å²) in [5.41, 5.74) is 5.88. The molecule has 5 rings (SSSR count). The lowest BCUT2D eigenvalue weighted by atomic mass is 10.0. The van der Waals surface area contributed by atoms with E-state index in [9.17, 15) is 4.79 Å². The highest BCUT2D eigenvalue weighted by molar-refractivity contribution is 6.07. The van der Waals surface area contributed by atoms with Crippen molar-refractivity contribution in [3.05, 3.63) is 108 Å². The van der Waals surface area contributed by atoms with Gasteiger partial charge in [0.05, 0.1) is 16.8 Å². The summed E-state index contributed by atoms with van der Waals surface area (Å²) in [5.74, 6) is 0.0893. The van der Waals surface area contributed by atoms with Crippen LogP contribution in [0.1, 0.15) is 21.5 Å². The fraction of sp³-hybridized carbons (Fsp3) is 0.200. The van der Waals surface area contributed by atoms with Crippen LogP contribution >= 0.6 is 0 Å². The number of benzene rings is 3. The molecule has 0 radical (unpaired) electrons. The first kappa shape index (κ1) is 22.1. The van der Waals surface area contributed by atoms with Crippen molar-refractivity contribution in [1.29, 1.82) is 0 Å². The first-order valence-electron chi connectivity index (χ1n) is 11.9. The smallest absolute Gasteiger partial charge is 0.254 e. The number of piperazine rings is 1. The van der Waals surface area contributed by atoms with Gasteiger partial charge in [0.15, 0.2) is 0 Å². The Morgan fingerprint density at radius 1 is 0.882 bits per heavy atom. The number of pyridine rings is 1. The second-order valence-corrected chi connectivity index (χ2v) is 8.84. The maximum atomic E-state index is 13.6. The van der Waals surface area contributed by atoms with Crippen LogP contribution in [0.3, 0.4) is 0 Å². The Kier molecular flexibility index (Phi) is 6.50. The van der Waals surface area contributed by atoms with Crippen LogP contribution in [0.2, 0.25) is 0 Å². The Hall–Kier alpha value is -3.76. The minimum Gasteiger partial charge on any atom is -0.336 e. The van der Waals surface area contributed by atoms with Gasteiger partial charge in [0.25, 0.3) is 5.91 Å². The minimum absolute atomic E-state index is 0.0893. The molecule has 0 N–H and O–H groups in total. The number of amides is 1. The zero-order valence-electron chi connectivity index (χ0n) is 19.5. The molecule has 0 unspecified atom stereocenters. The molecule has 1 saturated heterocycles. The lowest BCUT2D eigenvalue weighted by Crippen LogP contribution is -2.48. The molecule has 0 bridgehead atoms. The van der Waals surface area contributed by atoms with Crippen molar-refractivity contribution in [3.63, 3.8) is 0 Å². The van der Waals surface area contributed by atoms with Crippen molar-refractivity contribution in [2.24, 2.45) is 0 Å². The molecule has 34 heavy (non-hydrogen) atoms. The van der Waals surface area contributed by atoms with Gasteiger partial charge in [-0.25, -0.2) is 4.98 Å². The lowest BCUT2D eigenvalue weighted by Gasteiger charge is -2.34. The fourth-order valence-electron chi connectivity index (χ4n) is 4.43. The van der Waals surface area contributed by atoms with Gasteiger partial charge in [0, 0.05) is 43.7 Å². The minimum atomic E-state index is 0.0893. The molecule has 0 aliphatic carbocycles. The van der Waals surface area contributed by atoms with E-state index in [0.29, 0.717) is 0 Å². The molecule has 3 aromatic carbocycles. The van der Waals surface area contributed by atoms with E-state index < -0.39 is 0 Å². The van der Waals surface area contributed by atoms with E-state index in [-0.39, 0.29) is 5.91 Å². The Balaban J connectivity index is 1.31. The Morgan fingerprint density at radius 3 is 2.35 bits per heavy atom. The van der Waals surface area contributed by atoms with Gasteiger partial charge in [0.1, 0.15) is 0 Å². The van der Waals surface area contributed by atoms with Crippen LogP contribution in [-0.4, -0.2) is 53.4 Å². The first-order chi connectivity index (χ1) is 16.7. The van der Waals surface area contributed by atoms with Gasteiger partial charge in [0.2, 0.25) is 0 Å². The van der Waals surface area contributed by atoms with E-state index >= 15 is 0 Å². The normalized spacial score (nSPS) is 14.7. The standard InChI is InChI=1S/C30H29N3O/c1-23-13-15-25(16-14-23)29-22-27(26-11-5-6-12-28(26)31-29)30(34)33-20-18-32(19-21-33)17-7-10-24-8-3-2-4-9-24/h2-16,22H,17-21H2,1H3. The highest BCUT2D eigenvalue weighted by Gasteiger charge is 2.24. The molecule has 1 aromatic heterocycles. The predicted octanol–water partition coefficient (Wildman–Crippen LogP) is 5.68. The largest absolute Gasteiger partial charge is 0.336 e. The van der Waals surface area contributed by atoms with E-state index in [0.717, 1.165) is 60.4 Å². The van der Waals surface area contributed by atoms with Crippen LogP contribution in [0.25, 0.3) is 28.2 Å². The molecule has 1 fully saturated rings. The maximum absolute atomic E-state index is 13.6. The average Bonchev–Trinajstić information content (AvgIpc) is 2.89. The molecule has 1 aliphatic rings. The first-order valence-corrected chi connectivity index (χ1v) is 11.9. The SMILES string of the molecule is Cc1ccc(-c2cc(C(=O)N3CCN(CC=Cc4ccccc4)CC3)c3ccccc3n2)cc1. The van der Waals surface area contributed by atoms with Crippen molar-refractivity contribution in [3.8, 4) is 11.3 Å². The summed E-state index contributed by atoms with van der Waals surface area (Å²) in [6.45, 7) is 6.18. The van der Waals surface area contributed by atoms with Gasteiger partial charge in [-0.3, -0.25) is 9.69 Å². The van der Waals surface area contributed by atoms with Gasteiger partial charge in [-0.2, -0.15) is 0 Å². The third kappa shape index (κ3) is 4.92. The molecule has 0 atom stereocenters. The summed E-state index contributed by atoms with van der Waals surface area (Å²) in [5, 5.41) is 0.914. The van der Waals surface area contributed by atoms with Crippen molar-refractivity contribution >= 4 is 22.9 Å². The molecule has 4 aromatic rings. The third-order valence-electron chi connectivity index (χ3n) is 6.43. The molecular weight excluding hydrogens is 418 g/mol. The monoisotopic (exact) mass is 447 g/mol. The number of nitrogens with zero attached hydrogens (tertiary/aromatic N) is 3. The summed E-state index contributed by atoms with van der Waals surface area (Å²) in [4.78, 5) is 22.8. The molecule has 170 valence electrons. The lowest BCUT2D eigenvalue weighted by molar-refractivity contribution is 0.0652. The number of aromatic nitrogens is 1. The second-order valence-electron chi connectivity index (χ2n) is 8.84. The number of carbonyl (C=O) groups is 1. The summed E-state index contributed by atoms with van der Waals surface area (Å²) in [7, 11) is 0. The highest BCUT2D eigenvalue weighted by atomic mass is 16.2. The Morgan fingerprint density at radius 2 is 1.59 bits per heavy atom. The van der Waals surface area contributed by atoms with Crippen LogP contribution in [0.15, 0.2) is 91.0 Å². The van der Waals surface area contributed by atoms with E-state index in [4.69, 9.17) is 4.98 Å². The Labute approximate surface area is 201 Å². The zero-order valence-corrected chi connectivity index (χ0v) is 19.5. The average molecular weight is 448 g/mol. The topological polar surface area (TPSA) is 36.4 Å². The van der Waals surface area contributed by atoms with Gasteiger partial charge in [-0.15, -0.1) is 0 Å².